The molecule has 1 aliphatic heterocycles. The van der Waals surface area contributed by atoms with Gasteiger partial charge in [-0.2, -0.15) is 0 Å². The summed E-state index contributed by atoms with van der Waals surface area (Å²) in [6.45, 7) is 2.50. The molecule has 0 N–H and O–H groups in total. The van der Waals surface area contributed by atoms with Crippen LogP contribution in [0.2, 0.25) is 0 Å². The molecule has 3 aromatic carbocycles. The minimum Gasteiger partial charge on any atom is -0.465 e. The highest BCUT2D eigenvalue weighted by atomic mass is 32.2. The van der Waals surface area contributed by atoms with Crippen LogP contribution in [0, 0.1) is 17.0 Å². The van der Waals surface area contributed by atoms with E-state index in [0.29, 0.717) is 5.56 Å². The van der Waals surface area contributed by atoms with Gasteiger partial charge in [0, 0.05) is 43.1 Å². The van der Waals surface area contributed by atoms with E-state index in [1.54, 1.807) is 12.1 Å². The highest BCUT2D eigenvalue weighted by Crippen LogP contribution is 2.42. The molecule has 5 rings (SSSR count). The lowest BCUT2D eigenvalue weighted by Gasteiger charge is -2.14. The zero-order chi connectivity index (χ0) is 27.4. The summed E-state index contributed by atoms with van der Waals surface area (Å²) >= 11 is 0. The molecule has 4 aromatic rings. The van der Waals surface area contributed by atoms with E-state index in [4.69, 9.17) is 9.47 Å². The third kappa shape index (κ3) is 3.80. The Hall–Kier alpha value is -4.29. The fourth-order valence-electron chi connectivity index (χ4n) is 4.85. The van der Waals surface area contributed by atoms with Gasteiger partial charge in [0.15, 0.2) is 0 Å². The van der Waals surface area contributed by atoms with E-state index in [-0.39, 0.29) is 63.2 Å². The predicted octanol–water partition coefficient (Wildman–Crippen LogP) is 3.64. The van der Waals surface area contributed by atoms with Gasteiger partial charge in [-0.05, 0) is 36.8 Å². The van der Waals surface area contributed by atoms with Crippen LogP contribution in [0.15, 0.2) is 53.4 Å². The SMILES string of the molecule is COCCN1Cc2cc(C(=O)OC)c3c(c2C1=O)c1cc([N+](=O)[O-])ccc1n3S(=O)(=O)c1ccc(C)cc1. The van der Waals surface area contributed by atoms with Gasteiger partial charge < -0.3 is 14.4 Å². The van der Waals surface area contributed by atoms with Crippen LogP contribution < -0.4 is 0 Å². The number of carbonyl (C=O) groups is 2. The Bertz CT molecular complexity index is 1760. The first kappa shape index (κ1) is 25.4. The number of methoxy groups -OCH3 is 2. The second kappa shape index (κ2) is 9.23. The molecule has 0 aliphatic carbocycles. The Labute approximate surface area is 217 Å². The van der Waals surface area contributed by atoms with Crippen LogP contribution in [0.25, 0.3) is 21.8 Å². The summed E-state index contributed by atoms with van der Waals surface area (Å²) in [6, 6.07) is 11.4. The summed E-state index contributed by atoms with van der Waals surface area (Å²) in [7, 11) is -1.66. The van der Waals surface area contributed by atoms with Gasteiger partial charge in [-0.1, -0.05) is 17.7 Å². The van der Waals surface area contributed by atoms with Gasteiger partial charge in [0.05, 0.1) is 45.7 Å². The molecular weight excluding hydrogens is 514 g/mol. The number of nitro groups is 1. The molecule has 0 saturated heterocycles. The molecule has 196 valence electrons. The summed E-state index contributed by atoms with van der Waals surface area (Å²) in [6.07, 6.45) is 0. The fourth-order valence-corrected chi connectivity index (χ4v) is 6.39. The molecule has 38 heavy (non-hydrogen) atoms. The predicted molar refractivity (Wildman–Crippen MR) is 138 cm³/mol. The van der Waals surface area contributed by atoms with Crippen LogP contribution in [0.4, 0.5) is 5.69 Å². The monoisotopic (exact) mass is 537 g/mol. The van der Waals surface area contributed by atoms with E-state index >= 15 is 0 Å². The number of nitro benzene ring substituents is 1. The van der Waals surface area contributed by atoms with Gasteiger partial charge in [0.25, 0.3) is 21.6 Å². The smallest absolute Gasteiger partial charge is 0.340 e. The lowest BCUT2D eigenvalue weighted by atomic mass is 9.98. The Morgan fingerprint density at radius 3 is 2.45 bits per heavy atom. The van der Waals surface area contributed by atoms with Crippen LogP contribution in [0.3, 0.4) is 0 Å². The molecule has 0 bridgehead atoms. The zero-order valence-electron chi connectivity index (χ0n) is 20.8. The average molecular weight is 538 g/mol. The van der Waals surface area contributed by atoms with Crippen molar-refractivity contribution < 1.29 is 32.4 Å². The van der Waals surface area contributed by atoms with E-state index in [1.165, 1.54) is 55.5 Å². The maximum Gasteiger partial charge on any atom is 0.340 e. The van der Waals surface area contributed by atoms with Crippen LogP contribution in [-0.4, -0.2) is 61.5 Å². The maximum atomic E-state index is 14.1. The Morgan fingerprint density at radius 1 is 1.11 bits per heavy atom. The van der Waals surface area contributed by atoms with Crippen LogP contribution in [0.5, 0.6) is 0 Å². The largest absolute Gasteiger partial charge is 0.465 e. The van der Waals surface area contributed by atoms with Crippen LogP contribution in [-0.2, 0) is 26.0 Å². The summed E-state index contributed by atoms with van der Waals surface area (Å²) < 4.78 is 39.2. The number of esters is 1. The second-order valence-corrected chi connectivity index (χ2v) is 10.7. The van der Waals surface area contributed by atoms with Crippen molar-refractivity contribution in [2.75, 3.05) is 27.4 Å². The minimum atomic E-state index is -4.33. The number of non-ortho nitro benzene ring substituents is 1. The van der Waals surface area contributed by atoms with Crippen molar-refractivity contribution in [3.05, 3.63) is 80.9 Å². The Balaban J connectivity index is 1.96. The Kier molecular flexibility index (Phi) is 6.16. The molecule has 0 spiro atoms. The van der Waals surface area contributed by atoms with Gasteiger partial charge in [0.1, 0.15) is 0 Å². The van der Waals surface area contributed by atoms with Gasteiger partial charge in [-0.3, -0.25) is 14.9 Å². The topological polar surface area (TPSA) is 138 Å². The van der Waals surface area contributed by atoms with Crippen molar-refractivity contribution in [2.24, 2.45) is 0 Å². The first-order chi connectivity index (χ1) is 18.1. The normalized spacial score (nSPS) is 13.3. The molecule has 0 atom stereocenters. The molecule has 0 fully saturated rings. The van der Waals surface area contributed by atoms with E-state index < -0.39 is 26.8 Å². The lowest BCUT2D eigenvalue weighted by molar-refractivity contribution is -0.384. The number of rotatable bonds is 7. The van der Waals surface area contributed by atoms with Gasteiger partial charge in [0.2, 0.25) is 0 Å². The summed E-state index contributed by atoms with van der Waals surface area (Å²) in [4.78, 5) is 39.1. The lowest BCUT2D eigenvalue weighted by Crippen LogP contribution is -2.27. The summed E-state index contributed by atoms with van der Waals surface area (Å²) in [5.74, 6) is -1.20. The van der Waals surface area contributed by atoms with E-state index in [9.17, 15) is 28.1 Å². The van der Waals surface area contributed by atoms with Crippen molar-refractivity contribution in [3.8, 4) is 0 Å². The number of aromatic nitrogens is 1. The van der Waals surface area contributed by atoms with Gasteiger partial charge in [-0.15, -0.1) is 0 Å². The van der Waals surface area contributed by atoms with Crippen molar-refractivity contribution >= 4 is 49.4 Å². The second-order valence-electron chi connectivity index (χ2n) is 8.93. The van der Waals surface area contributed by atoms with Gasteiger partial charge >= 0.3 is 5.97 Å². The molecule has 0 unspecified atom stereocenters. The van der Waals surface area contributed by atoms with Crippen molar-refractivity contribution in [3.63, 3.8) is 0 Å². The summed E-state index contributed by atoms with van der Waals surface area (Å²) in [5, 5.41) is 11.9. The number of ether oxygens (including phenoxy) is 2. The quantitative estimate of drug-likeness (QED) is 0.198. The highest BCUT2D eigenvalue weighted by molar-refractivity contribution is 7.90. The third-order valence-corrected chi connectivity index (χ3v) is 8.38. The molecule has 2 heterocycles. The summed E-state index contributed by atoms with van der Waals surface area (Å²) in [5.41, 5.74) is 1.17. The fraction of sp³-hybridized carbons (Fsp3) is 0.231. The number of carbonyl (C=O) groups excluding carboxylic acids is 2. The number of hydrogen-bond acceptors (Lipinski definition) is 8. The van der Waals surface area contributed by atoms with Gasteiger partial charge in [-0.25, -0.2) is 17.2 Å². The number of fused-ring (bicyclic) bond motifs is 5. The number of hydrogen-bond donors (Lipinski definition) is 0. The molecule has 1 amide bonds. The number of aryl methyl sites for hydroxylation is 1. The molecule has 0 saturated carbocycles. The zero-order valence-corrected chi connectivity index (χ0v) is 21.6. The van der Waals surface area contributed by atoms with E-state index in [0.717, 1.165) is 9.54 Å². The molecular formula is C26H23N3O8S. The average Bonchev–Trinajstić information content (AvgIpc) is 3.40. The molecule has 12 heteroatoms. The van der Waals surface area contributed by atoms with Crippen LogP contribution >= 0.6 is 0 Å². The van der Waals surface area contributed by atoms with E-state index in [1.807, 2.05) is 6.92 Å². The number of amides is 1. The first-order valence-corrected chi connectivity index (χ1v) is 13.0. The van der Waals surface area contributed by atoms with Crippen molar-refractivity contribution in [1.29, 1.82) is 0 Å². The van der Waals surface area contributed by atoms with E-state index in [2.05, 4.69) is 0 Å². The first-order valence-electron chi connectivity index (χ1n) is 11.6. The number of benzene rings is 3. The van der Waals surface area contributed by atoms with Crippen molar-refractivity contribution in [2.45, 2.75) is 18.4 Å². The van der Waals surface area contributed by atoms with Crippen LogP contribution in [0.1, 0.15) is 31.8 Å². The minimum absolute atomic E-state index is 0.0513. The number of nitrogens with zero attached hydrogens (tertiary/aromatic N) is 3. The van der Waals surface area contributed by atoms with Crippen molar-refractivity contribution in [1.82, 2.24) is 8.87 Å². The molecule has 11 nitrogen and oxygen atoms in total. The molecule has 1 aliphatic rings. The standard InChI is InChI=1S/C26H23N3O8S/c1-15-4-7-18(8-5-15)38(34,35)28-21-9-6-17(29(32)33)13-19(21)23-22-16(12-20(24(23)28)26(31)37-3)14-27(25(22)30)10-11-36-2/h4-9,12-13H,10-11,14H2,1-3H3. The molecule has 0 radical (unpaired) electrons. The highest BCUT2D eigenvalue weighted by Gasteiger charge is 2.36. The maximum absolute atomic E-state index is 14.1. The Morgan fingerprint density at radius 2 is 1.82 bits per heavy atom. The molecule has 1 aromatic heterocycles. The third-order valence-electron chi connectivity index (χ3n) is 6.66.